The van der Waals surface area contributed by atoms with Gasteiger partial charge in [0.15, 0.2) is 5.69 Å². The maximum Gasteiger partial charge on any atom is 0.272 e. The van der Waals surface area contributed by atoms with Crippen LogP contribution in [0, 0.1) is 0 Å². The maximum atomic E-state index is 12.3. The van der Waals surface area contributed by atoms with Gasteiger partial charge in [0.05, 0.1) is 11.0 Å². The number of benzene rings is 1. The van der Waals surface area contributed by atoms with Gasteiger partial charge >= 0.3 is 0 Å². The van der Waals surface area contributed by atoms with Crippen LogP contribution in [0.2, 0.25) is 0 Å². The van der Waals surface area contributed by atoms with Crippen LogP contribution in [0.3, 0.4) is 0 Å². The number of fused-ring (bicyclic) bond motifs is 2. The molecule has 0 unspecified atom stereocenters. The van der Waals surface area contributed by atoms with Crippen LogP contribution in [-0.4, -0.2) is 32.6 Å². The Morgan fingerprint density at radius 1 is 1.21 bits per heavy atom. The summed E-state index contributed by atoms with van der Waals surface area (Å²) in [6, 6.07) is 8.00. The lowest BCUT2D eigenvalue weighted by atomic mass is 9.96. The molecular formula is C18H21N5O. The van der Waals surface area contributed by atoms with Crippen molar-refractivity contribution in [3.05, 3.63) is 47.0 Å². The molecule has 0 aliphatic heterocycles. The van der Waals surface area contributed by atoms with Gasteiger partial charge in [-0.25, -0.2) is 4.98 Å². The number of nitrogens with zero attached hydrogens (tertiary/aromatic N) is 2. The number of para-hydroxylation sites is 2. The molecule has 0 saturated carbocycles. The van der Waals surface area contributed by atoms with Gasteiger partial charge in [-0.3, -0.25) is 9.89 Å². The third-order valence-electron chi connectivity index (χ3n) is 4.59. The number of aryl methyl sites for hydroxylation is 2. The van der Waals surface area contributed by atoms with Crippen LogP contribution in [0.5, 0.6) is 0 Å². The molecule has 1 aliphatic carbocycles. The van der Waals surface area contributed by atoms with Gasteiger partial charge in [-0.2, -0.15) is 5.10 Å². The summed E-state index contributed by atoms with van der Waals surface area (Å²) in [5.41, 5.74) is 4.86. The molecule has 1 amide bonds. The highest BCUT2D eigenvalue weighted by molar-refractivity contribution is 5.94. The largest absolute Gasteiger partial charge is 0.351 e. The zero-order valence-electron chi connectivity index (χ0n) is 13.6. The predicted octanol–water partition coefficient (Wildman–Crippen LogP) is 2.53. The lowest BCUT2D eigenvalue weighted by Crippen LogP contribution is -2.26. The van der Waals surface area contributed by atoms with Crippen LogP contribution in [0.1, 0.15) is 46.8 Å². The number of imidazole rings is 1. The summed E-state index contributed by atoms with van der Waals surface area (Å²) >= 11 is 0. The topological polar surface area (TPSA) is 86.5 Å². The van der Waals surface area contributed by atoms with Crippen LogP contribution < -0.4 is 5.32 Å². The highest BCUT2D eigenvalue weighted by atomic mass is 16.1. The molecule has 0 atom stereocenters. The fourth-order valence-corrected chi connectivity index (χ4v) is 3.33. The first kappa shape index (κ1) is 14.9. The summed E-state index contributed by atoms with van der Waals surface area (Å²) < 4.78 is 0. The number of aromatic nitrogens is 4. The number of aromatic amines is 2. The Labute approximate surface area is 140 Å². The summed E-state index contributed by atoms with van der Waals surface area (Å²) in [4.78, 5) is 20.2. The minimum Gasteiger partial charge on any atom is -0.351 e. The number of nitrogens with one attached hydrogen (secondary N) is 3. The van der Waals surface area contributed by atoms with E-state index in [1.54, 1.807) is 0 Å². The first-order valence-corrected chi connectivity index (χ1v) is 8.59. The monoisotopic (exact) mass is 323 g/mol. The Morgan fingerprint density at radius 3 is 3.00 bits per heavy atom. The van der Waals surface area contributed by atoms with Gasteiger partial charge in [0.25, 0.3) is 5.91 Å². The summed E-state index contributed by atoms with van der Waals surface area (Å²) in [6.45, 7) is 0.623. The molecule has 2 aromatic heterocycles. The quantitative estimate of drug-likeness (QED) is 0.631. The first-order valence-electron chi connectivity index (χ1n) is 8.59. The molecule has 3 N–H and O–H groups in total. The van der Waals surface area contributed by atoms with Crippen molar-refractivity contribution in [1.82, 2.24) is 25.5 Å². The third-order valence-corrected chi connectivity index (χ3v) is 4.59. The van der Waals surface area contributed by atoms with E-state index in [-0.39, 0.29) is 5.91 Å². The standard InChI is InChI=1S/C18H21N5O/c24-18(17-12-6-1-2-7-13(12)22-23-17)19-11-5-10-16-20-14-8-3-4-9-15(14)21-16/h3-4,8-9H,1-2,5-7,10-11H2,(H,19,24)(H,20,21)(H,22,23). The minimum absolute atomic E-state index is 0.0704. The molecule has 24 heavy (non-hydrogen) atoms. The van der Waals surface area contributed by atoms with E-state index < -0.39 is 0 Å². The van der Waals surface area contributed by atoms with Gasteiger partial charge < -0.3 is 10.3 Å². The summed E-state index contributed by atoms with van der Waals surface area (Å²) in [5, 5.41) is 10.2. The van der Waals surface area contributed by atoms with Crippen molar-refractivity contribution in [3.63, 3.8) is 0 Å². The fourth-order valence-electron chi connectivity index (χ4n) is 3.33. The van der Waals surface area contributed by atoms with E-state index in [0.29, 0.717) is 12.2 Å². The Morgan fingerprint density at radius 2 is 2.08 bits per heavy atom. The number of H-pyrrole nitrogens is 2. The highest BCUT2D eigenvalue weighted by Gasteiger charge is 2.21. The Kier molecular flexibility index (Phi) is 4.02. The van der Waals surface area contributed by atoms with Crippen molar-refractivity contribution in [2.75, 3.05) is 6.54 Å². The lowest BCUT2D eigenvalue weighted by Gasteiger charge is -2.11. The van der Waals surface area contributed by atoms with Crippen LogP contribution in [-0.2, 0) is 19.3 Å². The van der Waals surface area contributed by atoms with Crippen LogP contribution >= 0.6 is 0 Å². The van der Waals surface area contributed by atoms with Crippen molar-refractivity contribution in [1.29, 1.82) is 0 Å². The van der Waals surface area contributed by atoms with Crippen LogP contribution in [0.15, 0.2) is 24.3 Å². The van der Waals surface area contributed by atoms with Crippen molar-refractivity contribution >= 4 is 16.9 Å². The molecule has 6 nitrogen and oxygen atoms in total. The van der Waals surface area contributed by atoms with Gasteiger partial charge in [-0.1, -0.05) is 12.1 Å². The van der Waals surface area contributed by atoms with Crippen molar-refractivity contribution < 1.29 is 4.79 Å². The molecule has 1 aliphatic rings. The summed E-state index contributed by atoms with van der Waals surface area (Å²) in [7, 11) is 0. The molecule has 4 rings (SSSR count). The second-order valence-corrected chi connectivity index (χ2v) is 6.30. The van der Waals surface area contributed by atoms with Crippen LogP contribution in [0.25, 0.3) is 11.0 Å². The van der Waals surface area contributed by atoms with E-state index in [9.17, 15) is 4.79 Å². The molecule has 0 bridgehead atoms. The maximum absolute atomic E-state index is 12.3. The van der Waals surface area contributed by atoms with Gasteiger partial charge in [0.2, 0.25) is 0 Å². The average Bonchev–Trinajstić information content (AvgIpc) is 3.22. The number of amides is 1. The van der Waals surface area contributed by atoms with Crippen molar-refractivity contribution in [3.8, 4) is 0 Å². The Hall–Kier alpha value is -2.63. The van der Waals surface area contributed by atoms with E-state index in [2.05, 4.69) is 25.5 Å². The molecule has 0 fully saturated rings. The van der Waals surface area contributed by atoms with E-state index >= 15 is 0 Å². The fraction of sp³-hybridized carbons (Fsp3) is 0.389. The normalized spacial score (nSPS) is 13.8. The lowest BCUT2D eigenvalue weighted by molar-refractivity contribution is 0.0947. The second kappa shape index (κ2) is 6.47. The SMILES string of the molecule is O=C(NCCCc1nc2ccccc2[nH]1)c1n[nH]c2c1CCCC2. The number of carbonyl (C=O) groups is 1. The van der Waals surface area contributed by atoms with Crippen molar-refractivity contribution in [2.24, 2.45) is 0 Å². The van der Waals surface area contributed by atoms with E-state index in [4.69, 9.17) is 0 Å². The van der Waals surface area contributed by atoms with E-state index in [1.165, 1.54) is 6.42 Å². The molecule has 3 aromatic rings. The third kappa shape index (κ3) is 2.91. The molecule has 0 spiro atoms. The molecule has 124 valence electrons. The molecular weight excluding hydrogens is 302 g/mol. The zero-order valence-corrected chi connectivity index (χ0v) is 13.6. The number of rotatable bonds is 5. The molecule has 0 saturated heterocycles. The van der Waals surface area contributed by atoms with Crippen LogP contribution in [0.4, 0.5) is 0 Å². The molecule has 0 radical (unpaired) electrons. The highest BCUT2D eigenvalue weighted by Crippen LogP contribution is 2.21. The zero-order chi connectivity index (χ0) is 16.4. The average molecular weight is 323 g/mol. The molecule has 2 heterocycles. The molecule has 1 aromatic carbocycles. The van der Waals surface area contributed by atoms with Gasteiger partial charge in [-0.05, 0) is 44.2 Å². The van der Waals surface area contributed by atoms with Gasteiger partial charge in [0.1, 0.15) is 5.82 Å². The smallest absolute Gasteiger partial charge is 0.272 e. The Bertz CT molecular complexity index is 830. The number of hydrogen-bond acceptors (Lipinski definition) is 3. The number of carbonyl (C=O) groups excluding carboxylic acids is 1. The predicted molar refractivity (Wildman–Crippen MR) is 92.0 cm³/mol. The summed E-state index contributed by atoms with van der Waals surface area (Å²) in [6.07, 6.45) is 5.92. The van der Waals surface area contributed by atoms with E-state index in [0.717, 1.165) is 60.2 Å². The van der Waals surface area contributed by atoms with Crippen molar-refractivity contribution in [2.45, 2.75) is 38.5 Å². The Balaban J connectivity index is 1.31. The second-order valence-electron chi connectivity index (χ2n) is 6.30. The van der Waals surface area contributed by atoms with Gasteiger partial charge in [0, 0.05) is 24.2 Å². The first-order chi connectivity index (χ1) is 11.8. The van der Waals surface area contributed by atoms with E-state index in [1.807, 2.05) is 24.3 Å². The molecule has 6 heteroatoms. The number of hydrogen-bond donors (Lipinski definition) is 3. The summed E-state index contributed by atoms with van der Waals surface area (Å²) in [5.74, 6) is 0.890. The van der Waals surface area contributed by atoms with Gasteiger partial charge in [-0.15, -0.1) is 0 Å². The minimum atomic E-state index is -0.0704.